The third-order valence-electron chi connectivity index (χ3n) is 3.69. The summed E-state index contributed by atoms with van der Waals surface area (Å²) in [4.78, 5) is 16.0. The lowest BCUT2D eigenvalue weighted by Gasteiger charge is -2.33. The van der Waals surface area contributed by atoms with E-state index in [4.69, 9.17) is 9.84 Å². The van der Waals surface area contributed by atoms with Crippen LogP contribution in [-0.2, 0) is 4.79 Å². The van der Waals surface area contributed by atoms with Crippen molar-refractivity contribution in [2.75, 3.05) is 46.4 Å². The minimum Gasteiger partial charge on any atom is -0.494 e. The smallest absolute Gasteiger partial charge is 0.246 e. The van der Waals surface area contributed by atoms with Crippen molar-refractivity contribution in [3.63, 3.8) is 0 Å². The third kappa shape index (κ3) is 4.29. The van der Waals surface area contributed by atoms with Crippen LogP contribution in [0.5, 0.6) is 5.75 Å². The number of amides is 1. The number of hydrogen-bond donors (Lipinski definition) is 1. The number of halogens is 1. The van der Waals surface area contributed by atoms with Crippen LogP contribution < -0.4 is 4.74 Å². The molecule has 1 fully saturated rings. The Bertz CT molecular complexity index is 540. The van der Waals surface area contributed by atoms with Gasteiger partial charge in [-0.15, -0.1) is 0 Å². The van der Waals surface area contributed by atoms with Crippen LogP contribution in [0.15, 0.2) is 24.3 Å². The molecule has 0 unspecified atom stereocenters. The van der Waals surface area contributed by atoms with E-state index in [-0.39, 0.29) is 18.3 Å². The molecule has 1 aliphatic rings. The molecule has 22 heavy (non-hydrogen) atoms. The number of piperazine rings is 1. The molecule has 120 valence electrons. The van der Waals surface area contributed by atoms with Crippen molar-refractivity contribution in [1.29, 1.82) is 0 Å². The number of aliphatic hydroxyl groups is 1. The highest BCUT2D eigenvalue weighted by atomic mass is 19.1. The zero-order valence-electron chi connectivity index (χ0n) is 12.7. The molecule has 0 aromatic heterocycles. The van der Waals surface area contributed by atoms with E-state index in [1.165, 1.54) is 25.3 Å². The molecule has 0 bridgehead atoms. The second-order valence-corrected chi connectivity index (χ2v) is 5.12. The van der Waals surface area contributed by atoms with Gasteiger partial charge in [-0.25, -0.2) is 4.39 Å². The number of methoxy groups -OCH3 is 1. The van der Waals surface area contributed by atoms with E-state index in [2.05, 4.69) is 4.90 Å². The molecule has 1 aromatic rings. The molecular formula is C16H21FN2O3. The van der Waals surface area contributed by atoms with Crippen molar-refractivity contribution in [2.24, 2.45) is 0 Å². The Morgan fingerprint density at radius 2 is 2.09 bits per heavy atom. The van der Waals surface area contributed by atoms with Gasteiger partial charge in [-0.3, -0.25) is 9.69 Å². The number of rotatable bonds is 5. The molecule has 0 atom stereocenters. The first kappa shape index (κ1) is 16.5. The Kier molecular flexibility index (Phi) is 5.91. The van der Waals surface area contributed by atoms with Crippen LogP contribution in [-0.4, -0.2) is 67.3 Å². The lowest BCUT2D eigenvalue weighted by molar-refractivity contribution is -0.127. The highest BCUT2D eigenvalue weighted by Crippen LogP contribution is 2.18. The molecule has 1 N–H and O–H groups in total. The summed E-state index contributed by atoms with van der Waals surface area (Å²) in [6, 6.07) is 4.57. The van der Waals surface area contributed by atoms with Gasteiger partial charge < -0.3 is 14.7 Å². The van der Waals surface area contributed by atoms with E-state index >= 15 is 0 Å². The number of hydrogen-bond acceptors (Lipinski definition) is 4. The number of carbonyl (C=O) groups is 1. The topological polar surface area (TPSA) is 53.0 Å². The Labute approximate surface area is 129 Å². The lowest BCUT2D eigenvalue weighted by atomic mass is 10.2. The lowest BCUT2D eigenvalue weighted by Crippen LogP contribution is -2.48. The van der Waals surface area contributed by atoms with Crippen LogP contribution in [0.25, 0.3) is 6.08 Å². The highest BCUT2D eigenvalue weighted by Gasteiger charge is 2.18. The minimum atomic E-state index is -0.449. The number of benzene rings is 1. The fourth-order valence-corrected chi connectivity index (χ4v) is 2.39. The number of aliphatic hydroxyl groups excluding tert-OH is 1. The summed E-state index contributed by atoms with van der Waals surface area (Å²) in [7, 11) is 1.41. The van der Waals surface area contributed by atoms with E-state index in [1.54, 1.807) is 17.0 Å². The molecule has 0 spiro atoms. The van der Waals surface area contributed by atoms with E-state index in [0.29, 0.717) is 25.2 Å². The van der Waals surface area contributed by atoms with Gasteiger partial charge in [0.2, 0.25) is 5.91 Å². The van der Waals surface area contributed by atoms with Gasteiger partial charge in [0.25, 0.3) is 0 Å². The average Bonchev–Trinajstić information content (AvgIpc) is 2.54. The van der Waals surface area contributed by atoms with E-state index in [9.17, 15) is 9.18 Å². The number of ether oxygens (including phenoxy) is 1. The molecule has 0 saturated carbocycles. The summed E-state index contributed by atoms with van der Waals surface area (Å²) >= 11 is 0. The molecule has 1 aliphatic heterocycles. The van der Waals surface area contributed by atoms with Gasteiger partial charge in [0.05, 0.1) is 13.7 Å². The fourth-order valence-electron chi connectivity index (χ4n) is 2.39. The zero-order valence-corrected chi connectivity index (χ0v) is 12.7. The molecule has 0 aliphatic carbocycles. The molecule has 1 amide bonds. The maximum absolute atomic E-state index is 13.6. The largest absolute Gasteiger partial charge is 0.494 e. The van der Waals surface area contributed by atoms with Gasteiger partial charge in [-0.2, -0.15) is 0 Å². The zero-order chi connectivity index (χ0) is 15.9. The molecule has 6 heteroatoms. The predicted octanol–water partition coefficient (Wildman–Crippen LogP) is 0.984. The van der Waals surface area contributed by atoms with Gasteiger partial charge in [-0.05, 0) is 23.8 Å². The molecule has 1 saturated heterocycles. The molecule has 5 nitrogen and oxygen atoms in total. The average molecular weight is 308 g/mol. The SMILES string of the molecule is COc1ccc(C=CC(=O)N2CCN(CCO)CC2)cc1F. The van der Waals surface area contributed by atoms with Crippen LogP contribution in [0.1, 0.15) is 5.56 Å². The van der Waals surface area contributed by atoms with E-state index in [1.807, 2.05) is 0 Å². The second kappa shape index (κ2) is 7.91. The van der Waals surface area contributed by atoms with Crippen LogP contribution in [0, 0.1) is 5.82 Å². The predicted molar refractivity (Wildman–Crippen MR) is 82.1 cm³/mol. The minimum absolute atomic E-state index is 0.0834. The summed E-state index contributed by atoms with van der Waals surface area (Å²) in [5.41, 5.74) is 0.616. The highest BCUT2D eigenvalue weighted by molar-refractivity contribution is 5.91. The third-order valence-corrected chi connectivity index (χ3v) is 3.69. The second-order valence-electron chi connectivity index (χ2n) is 5.12. The normalized spacial score (nSPS) is 16.2. The van der Waals surface area contributed by atoms with Gasteiger partial charge in [0.15, 0.2) is 11.6 Å². The Morgan fingerprint density at radius 3 is 2.68 bits per heavy atom. The molecule has 1 aromatic carbocycles. The number of carbonyl (C=O) groups excluding carboxylic acids is 1. The van der Waals surface area contributed by atoms with Crippen molar-refractivity contribution >= 4 is 12.0 Å². The van der Waals surface area contributed by atoms with Gasteiger partial charge in [-0.1, -0.05) is 6.07 Å². The van der Waals surface area contributed by atoms with Gasteiger partial charge in [0.1, 0.15) is 0 Å². The summed E-state index contributed by atoms with van der Waals surface area (Å²) in [6.07, 6.45) is 3.06. The standard InChI is InChI=1S/C16H21FN2O3/c1-22-15-4-2-13(12-14(15)17)3-5-16(21)19-8-6-18(7-9-19)10-11-20/h2-5,12,20H,6-11H2,1H3. The maximum Gasteiger partial charge on any atom is 0.246 e. The van der Waals surface area contributed by atoms with Gasteiger partial charge in [0, 0.05) is 38.8 Å². The number of β-amino-alcohol motifs (C(OH)–C–C–N with tert-alkyl or cyclic N) is 1. The van der Waals surface area contributed by atoms with Crippen molar-refractivity contribution < 1.29 is 19.0 Å². The van der Waals surface area contributed by atoms with E-state index < -0.39 is 5.82 Å². The van der Waals surface area contributed by atoms with Crippen LogP contribution in [0.2, 0.25) is 0 Å². The van der Waals surface area contributed by atoms with Crippen molar-refractivity contribution in [2.45, 2.75) is 0 Å². The number of nitrogens with zero attached hydrogens (tertiary/aromatic N) is 2. The fraction of sp³-hybridized carbons (Fsp3) is 0.438. The Morgan fingerprint density at radius 1 is 1.36 bits per heavy atom. The first-order valence-corrected chi connectivity index (χ1v) is 7.28. The van der Waals surface area contributed by atoms with Crippen molar-refractivity contribution in [3.05, 3.63) is 35.7 Å². The summed E-state index contributed by atoms with van der Waals surface area (Å²) in [6.45, 7) is 3.58. The summed E-state index contributed by atoms with van der Waals surface area (Å²) < 4.78 is 18.4. The first-order valence-electron chi connectivity index (χ1n) is 7.28. The first-order chi connectivity index (χ1) is 10.6. The van der Waals surface area contributed by atoms with Crippen molar-refractivity contribution in [3.8, 4) is 5.75 Å². The molecule has 2 rings (SSSR count). The molecule has 0 radical (unpaired) electrons. The van der Waals surface area contributed by atoms with Crippen LogP contribution in [0.4, 0.5) is 4.39 Å². The monoisotopic (exact) mass is 308 g/mol. The van der Waals surface area contributed by atoms with Crippen LogP contribution >= 0.6 is 0 Å². The summed E-state index contributed by atoms with van der Waals surface area (Å²) in [5.74, 6) is -0.349. The molecular weight excluding hydrogens is 287 g/mol. The van der Waals surface area contributed by atoms with Crippen LogP contribution in [0.3, 0.4) is 0 Å². The Hall–Kier alpha value is -1.92. The maximum atomic E-state index is 13.6. The molecule has 1 heterocycles. The van der Waals surface area contributed by atoms with Gasteiger partial charge >= 0.3 is 0 Å². The van der Waals surface area contributed by atoms with Crippen molar-refractivity contribution in [1.82, 2.24) is 9.80 Å². The Balaban J connectivity index is 1.90. The summed E-state index contributed by atoms with van der Waals surface area (Å²) in [5, 5.41) is 8.89. The van der Waals surface area contributed by atoms with E-state index in [0.717, 1.165) is 13.1 Å². The quantitative estimate of drug-likeness (QED) is 0.824.